The van der Waals surface area contributed by atoms with Crippen molar-refractivity contribution in [2.75, 3.05) is 12.4 Å². The molecule has 6 heteroatoms. The first-order valence-corrected chi connectivity index (χ1v) is 8.68. The number of pyridine rings is 2. The lowest BCUT2D eigenvalue weighted by molar-refractivity contribution is 0.0963. The Labute approximate surface area is 156 Å². The molecule has 0 saturated carbocycles. The van der Waals surface area contributed by atoms with Gasteiger partial charge >= 0.3 is 0 Å². The summed E-state index contributed by atoms with van der Waals surface area (Å²) in [5.74, 6) is 0.407. The standard InChI is InChI=1S/C21H19N5O/c1-22-21(27)17-8-4-10-24-20(17)25-12-14-5-2-6-15(11-14)18-13-26-19-16(18)7-3-9-23-19/h2-11,13H,12H2,1H3,(H,22,27)(H,23,26)(H,24,25). The molecule has 0 aliphatic rings. The van der Waals surface area contributed by atoms with Crippen molar-refractivity contribution in [2.45, 2.75) is 6.54 Å². The number of H-pyrrole nitrogens is 1. The molecule has 0 aliphatic carbocycles. The van der Waals surface area contributed by atoms with Crippen molar-refractivity contribution in [3.05, 3.63) is 78.2 Å². The Bertz CT molecular complexity index is 1100. The van der Waals surface area contributed by atoms with Crippen LogP contribution in [0.15, 0.2) is 67.1 Å². The molecule has 0 saturated heterocycles. The molecule has 0 spiro atoms. The number of hydrogen-bond donors (Lipinski definition) is 3. The van der Waals surface area contributed by atoms with E-state index < -0.39 is 0 Å². The van der Waals surface area contributed by atoms with Gasteiger partial charge in [0.15, 0.2) is 0 Å². The third kappa shape index (κ3) is 3.37. The highest BCUT2D eigenvalue weighted by atomic mass is 16.1. The normalized spacial score (nSPS) is 10.7. The maximum Gasteiger partial charge on any atom is 0.254 e. The van der Waals surface area contributed by atoms with Gasteiger partial charge in [-0.15, -0.1) is 0 Å². The summed E-state index contributed by atoms with van der Waals surface area (Å²) in [6.45, 7) is 0.565. The number of fused-ring (bicyclic) bond motifs is 1. The number of nitrogens with zero attached hydrogens (tertiary/aromatic N) is 2. The van der Waals surface area contributed by atoms with E-state index in [1.807, 2.05) is 24.4 Å². The van der Waals surface area contributed by atoms with Crippen molar-refractivity contribution < 1.29 is 4.79 Å². The molecule has 4 rings (SSSR count). The first-order valence-electron chi connectivity index (χ1n) is 8.68. The highest BCUT2D eigenvalue weighted by molar-refractivity contribution is 5.98. The fourth-order valence-electron chi connectivity index (χ4n) is 3.09. The predicted octanol–water partition coefficient (Wildman–Crippen LogP) is 3.60. The first-order chi connectivity index (χ1) is 13.3. The quantitative estimate of drug-likeness (QED) is 0.510. The number of aromatic nitrogens is 3. The monoisotopic (exact) mass is 357 g/mol. The minimum Gasteiger partial charge on any atom is -0.365 e. The van der Waals surface area contributed by atoms with Crippen LogP contribution in [0.3, 0.4) is 0 Å². The Hall–Kier alpha value is -3.67. The summed E-state index contributed by atoms with van der Waals surface area (Å²) >= 11 is 0. The number of carbonyl (C=O) groups is 1. The predicted molar refractivity (Wildman–Crippen MR) is 106 cm³/mol. The van der Waals surface area contributed by atoms with Crippen molar-refractivity contribution in [3.63, 3.8) is 0 Å². The maximum absolute atomic E-state index is 12.0. The lowest BCUT2D eigenvalue weighted by Crippen LogP contribution is -2.20. The van der Waals surface area contributed by atoms with E-state index in [2.05, 4.69) is 43.8 Å². The van der Waals surface area contributed by atoms with Gasteiger partial charge in [-0.05, 0) is 41.5 Å². The molecule has 134 valence electrons. The van der Waals surface area contributed by atoms with Gasteiger partial charge in [0, 0.05) is 43.1 Å². The average Bonchev–Trinajstić information content (AvgIpc) is 3.16. The third-order valence-electron chi connectivity index (χ3n) is 4.43. The molecule has 1 aromatic carbocycles. The van der Waals surface area contributed by atoms with E-state index in [1.165, 1.54) is 0 Å². The molecule has 0 radical (unpaired) electrons. The van der Waals surface area contributed by atoms with Gasteiger partial charge in [-0.25, -0.2) is 9.97 Å². The molecular formula is C21H19N5O. The first kappa shape index (κ1) is 16.8. The van der Waals surface area contributed by atoms with E-state index in [9.17, 15) is 4.79 Å². The highest BCUT2D eigenvalue weighted by Crippen LogP contribution is 2.28. The summed E-state index contributed by atoms with van der Waals surface area (Å²) in [5.41, 5.74) is 4.72. The minimum atomic E-state index is -0.161. The van der Waals surface area contributed by atoms with Crippen LogP contribution in [0, 0.1) is 0 Å². The maximum atomic E-state index is 12.0. The van der Waals surface area contributed by atoms with Crippen LogP contribution in [0.25, 0.3) is 22.2 Å². The second-order valence-electron chi connectivity index (χ2n) is 6.13. The number of hydrogen-bond acceptors (Lipinski definition) is 4. The lowest BCUT2D eigenvalue weighted by atomic mass is 10.0. The largest absolute Gasteiger partial charge is 0.365 e. The summed E-state index contributed by atoms with van der Waals surface area (Å²) in [6.07, 6.45) is 5.43. The van der Waals surface area contributed by atoms with Gasteiger partial charge in [0.05, 0.1) is 5.56 Å². The van der Waals surface area contributed by atoms with Crippen molar-refractivity contribution in [1.29, 1.82) is 0 Å². The molecule has 0 fully saturated rings. The van der Waals surface area contributed by atoms with Crippen LogP contribution in [0.2, 0.25) is 0 Å². The van der Waals surface area contributed by atoms with Crippen molar-refractivity contribution in [1.82, 2.24) is 20.3 Å². The Morgan fingerprint density at radius 1 is 1.07 bits per heavy atom. The molecule has 1 amide bonds. The number of rotatable bonds is 5. The van der Waals surface area contributed by atoms with Crippen LogP contribution in [-0.4, -0.2) is 27.9 Å². The van der Waals surface area contributed by atoms with Crippen LogP contribution in [0.5, 0.6) is 0 Å². The lowest BCUT2D eigenvalue weighted by Gasteiger charge is -2.11. The molecule has 0 unspecified atom stereocenters. The van der Waals surface area contributed by atoms with Gasteiger partial charge in [-0.3, -0.25) is 4.79 Å². The molecule has 3 N–H and O–H groups in total. The molecule has 3 aromatic heterocycles. The summed E-state index contributed by atoms with van der Waals surface area (Å²) in [4.78, 5) is 23.8. The van der Waals surface area contributed by atoms with E-state index in [0.29, 0.717) is 17.9 Å². The van der Waals surface area contributed by atoms with E-state index in [0.717, 1.165) is 27.7 Å². The van der Waals surface area contributed by atoms with Gasteiger partial charge in [0.1, 0.15) is 11.5 Å². The SMILES string of the molecule is CNC(=O)c1cccnc1NCc1cccc(-c2c[nH]c3ncccc23)c1. The third-order valence-corrected chi connectivity index (χ3v) is 4.43. The number of nitrogens with one attached hydrogen (secondary N) is 3. The molecule has 4 aromatic rings. The Morgan fingerprint density at radius 2 is 1.93 bits per heavy atom. The van der Waals surface area contributed by atoms with Gasteiger partial charge < -0.3 is 15.6 Å². The van der Waals surface area contributed by atoms with E-state index in [1.54, 1.807) is 31.6 Å². The molecule has 27 heavy (non-hydrogen) atoms. The van der Waals surface area contributed by atoms with Gasteiger partial charge in [0.25, 0.3) is 5.91 Å². The Balaban J connectivity index is 1.59. The summed E-state index contributed by atoms with van der Waals surface area (Å²) in [6, 6.07) is 15.8. The molecule has 0 bridgehead atoms. The van der Waals surface area contributed by atoms with E-state index in [4.69, 9.17) is 0 Å². The zero-order valence-corrected chi connectivity index (χ0v) is 14.9. The number of carbonyl (C=O) groups excluding carboxylic acids is 1. The van der Waals surface area contributed by atoms with Crippen LogP contribution in [-0.2, 0) is 6.54 Å². The van der Waals surface area contributed by atoms with Gasteiger partial charge in [-0.2, -0.15) is 0 Å². The highest BCUT2D eigenvalue weighted by Gasteiger charge is 2.11. The van der Waals surface area contributed by atoms with Crippen LogP contribution >= 0.6 is 0 Å². The summed E-state index contributed by atoms with van der Waals surface area (Å²) < 4.78 is 0. The Kier molecular flexibility index (Phi) is 4.53. The Morgan fingerprint density at radius 3 is 2.81 bits per heavy atom. The van der Waals surface area contributed by atoms with Crippen molar-refractivity contribution in [2.24, 2.45) is 0 Å². The van der Waals surface area contributed by atoms with E-state index >= 15 is 0 Å². The number of amides is 1. The smallest absolute Gasteiger partial charge is 0.254 e. The fraction of sp³-hybridized carbons (Fsp3) is 0.0952. The van der Waals surface area contributed by atoms with Crippen LogP contribution < -0.4 is 10.6 Å². The topological polar surface area (TPSA) is 82.7 Å². The van der Waals surface area contributed by atoms with E-state index in [-0.39, 0.29) is 5.91 Å². The number of benzene rings is 1. The number of aromatic amines is 1. The zero-order chi connectivity index (χ0) is 18.6. The molecule has 0 aliphatic heterocycles. The average molecular weight is 357 g/mol. The summed E-state index contributed by atoms with van der Waals surface area (Å²) in [5, 5.41) is 6.99. The second kappa shape index (κ2) is 7.29. The fourth-order valence-corrected chi connectivity index (χ4v) is 3.09. The van der Waals surface area contributed by atoms with Gasteiger partial charge in [0.2, 0.25) is 0 Å². The summed E-state index contributed by atoms with van der Waals surface area (Å²) in [7, 11) is 1.61. The van der Waals surface area contributed by atoms with Crippen molar-refractivity contribution in [3.8, 4) is 11.1 Å². The number of anilines is 1. The molecule has 3 heterocycles. The molecule has 6 nitrogen and oxygen atoms in total. The van der Waals surface area contributed by atoms with Gasteiger partial charge in [-0.1, -0.05) is 18.2 Å². The second-order valence-corrected chi connectivity index (χ2v) is 6.13. The molecular weight excluding hydrogens is 338 g/mol. The minimum absolute atomic E-state index is 0.161. The van der Waals surface area contributed by atoms with Crippen LogP contribution in [0.4, 0.5) is 5.82 Å². The molecule has 0 atom stereocenters. The van der Waals surface area contributed by atoms with Crippen molar-refractivity contribution >= 4 is 22.8 Å². The van der Waals surface area contributed by atoms with Crippen LogP contribution in [0.1, 0.15) is 15.9 Å². The zero-order valence-electron chi connectivity index (χ0n) is 14.9.